The third kappa shape index (κ3) is 8.66. The molecular formula is C29H35N3O6. The number of carbonyl (C=O) groups is 4. The van der Waals surface area contributed by atoms with Crippen LogP contribution in [-0.4, -0.2) is 60.6 Å². The zero-order chi connectivity index (χ0) is 28.3. The van der Waals surface area contributed by atoms with Crippen LogP contribution in [-0.2, 0) is 30.3 Å². The van der Waals surface area contributed by atoms with Gasteiger partial charge in [0.1, 0.15) is 24.2 Å². The molecule has 0 aliphatic carbocycles. The van der Waals surface area contributed by atoms with Crippen molar-refractivity contribution in [3.05, 3.63) is 71.3 Å². The zero-order valence-electron chi connectivity index (χ0n) is 22.4. The van der Waals surface area contributed by atoms with Crippen molar-refractivity contribution in [3.63, 3.8) is 0 Å². The zero-order valence-corrected chi connectivity index (χ0v) is 22.4. The van der Waals surface area contributed by atoms with Crippen molar-refractivity contribution in [1.82, 2.24) is 15.5 Å². The van der Waals surface area contributed by atoms with Crippen molar-refractivity contribution in [2.75, 3.05) is 20.2 Å². The fraction of sp³-hybridized carbons (Fsp3) is 0.379. The van der Waals surface area contributed by atoms with Gasteiger partial charge in [-0.15, -0.1) is 6.42 Å². The standard InChI is InChI=1S/C29H35N3O6/c1-7-21-16-12-13-17-22(21)25(26(34)30-19-24(33)37-6)32(8-2)27(35)23(18-20-14-10-9-11-15-20)31-28(36)38-29(3,4)5/h1,9-17,23,25H,8,18-19H2,2-6H3,(H,30,34)(H,31,36). The number of likely N-dealkylation sites (N-methyl/N-ethyl adjacent to an activating group) is 1. The molecule has 9 nitrogen and oxygen atoms in total. The molecule has 0 aliphatic rings. The lowest BCUT2D eigenvalue weighted by Crippen LogP contribution is -2.54. The molecule has 38 heavy (non-hydrogen) atoms. The topological polar surface area (TPSA) is 114 Å². The minimum absolute atomic E-state index is 0.106. The summed E-state index contributed by atoms with van der Waals surface area (Å²) in [7, 11) is 1.21. The molecule has 2 aromatic rings. The van der Waals surface area contributed by atoms with Crippen LogP contribution in [0.25, 0.3) is 0 Å². The van der Waals surface area contributed by atoms with Crippen molar-refractivity contribution in [2.45, 2.75) is 51.8 Å². The molecule has 0 heterocycles. The van der Waals surface area contributed by atoms with E-state index < -0.39 is 41.6 Å². The Morgan fingerprint density at radius 1 is 1.03 bits per heavy atom. The smallest absolute Gasteiger partial charge is 0.408 e. The van der Waals surface area contributed by atoms with Crippen molar-refractivity contribution in [3.8, 4) is 12.3 Å². The fourth-order valence-electron chi connectivity index (χ4n) is 3.81. The van der Waals surface area contributed by atoms with Crippen LogP contribution < -0.4 is 10.6 Å². The highest BCUT2D eigenvalue weighted by atomic mass is 16.6. The number of hydrogen-bond acceptors (Lipinski definition) is 6. The lowest BCUT2D eigenvalue weighted by Gasteiger charge is -2.34. The summed E-state index contributed by atoms with van der Waals surface area (Å²) in [6.45, 7) is 6.59. The first-order valence-corrected chi connectivity index (χ1v) is 12.2. The highest BCUT2D eigenvalue weighted by Crippen LogP contribution is 2.26. The van der Waals surface area contributed by atoms with E-state index in [9.17, 15) is 19.2 Å². The van der Waals surface area contributed by atoms with Crippen LogP contribution in [0.2, 0.25) is 0 Å². The van der Waals surface area contributed by atoms with Crippen molar-refractivity contribution < 1.29 is 28.7 Å². The molecule has 0 saturated heterocycles. The Balaban J connectivity index is 2.51. The number of methoxy groups -OCH3 is 1. The number of nitrogens with zero attached hydrogens (tertiary/aromatic N) is 1. The van der Waals surface area contributed by atoms with Crippen LogP contribution in [0.1, 0.15) is 50.4 Å². The van der Waals surface area contributed by atoms with E-state index >= 15 is 0 Å². The lowest BCUT2D eigenvalue weighted by molar-refractivity contribution is -0.144. The van der Waals surface area contributed by atoms with Crippen LogP contribution in [0.3, 0.4) is 0 Å². The summed E-state index contributed by atoms with van der Waals surface area (Å²) in [5, 5.41) is 5.20. The monoisotopic (exact) mass is 521 g/mol. The summed E-state index contributed by atoms with van der Waals surface area (Å²) < 4.78 is 10.0. The predicted octanol–water partition coefficient (Wildman–Crippen LogP) is 2.98. The van der Waals surface area contributed by atoms with Gasteiger partial charge >= 0.3 is 12.1 Å². The summed E-state index contributed by atoms with van der Waals surface area (Å²) in [5.74, 6) is 0.762. The Labute approximate surface area is 223 Å². The van der Waals surface area contributed by atoms with Crippen LogP contribution in [0, 0.1) is 12.3 Å². The number of nitrogens with one attached hydrogen (secondary N) is 2. The van der Waals surface area contributed by atoms with Crippen molar-refractivity contribution >= 4 is 23.9 Å². The first-order chi connectivity index (χ1) is 18.0. The second-order valence-corrected chi connectivity index (χ2v) is 9.44. The number of alkyl carbamates (subject to hydrolysis) is 1. The molecule has 2 unspecified atom stereocenters. The molecular weight excluding hydrogens is 486 g/mol. The molecule has 0 radical (unpaired) electrons. The van der Waals surface area contributed by atoms with E-state index in [0.29, 0.717) is 11.1 Å². The number of carbonyl (C=O) groups excluding carboxylic acids is 4. The average molecular weight is 522 g/mol. The van der Waals surface area contributed by atoms with Gasteiger partial charge in [-0.2, -0.15) is 0 Å². The molecule has 0 saturated carbocycles. The van der Waals surface area contributed by atoms with E-state index in [1.54, 1.807) is 52.0 Å². The molecule has 0 aliphatic heterocycles. The second kappa shape index (κ2) is 13.8. The average Bonchev–Trinajstić information content (AvgIpc) is 2.88. The third-order valence-corrected chi connectivity index (χ3v) is 5.50. The van der Waals surface area contributed by atoms with Gasteiger partial charge in [-0.3, -0.25) is 14.4 Å². The summed E-state index contributed by atoms with van der Waals surface area (Å²) in [6, 6.07) is 13.7. The Hall–Kier alpha value is -4.32. The van der Waals surface area contributed by atoms with Gasteiger partial charge in [0.25, 0.3) is 0 Å². The van der Waals surface area contributed by atoms with Crippen molar-refractivity contribution in [1.29, 1.82) is 0 Å². The number of rotatable bonds is 10. The SMILES string of the molecule is C#Cc1ccccc1C(C(=O)NCC(=O)OC)N(CC)C(=O)C(Cc1ccccc1)NC(=O)OC(C)(C)C. The van der Waals surface area contributed by atoms with E-state index in [0.717, 1.165) is 5.56 Å². The number of hydrogen-bond donors (Lipinski definition) is 2. The summed E-state index contributed by atoms with van der Waals surface area (Å²) >= 11 is 0. The normalized spacial score (nSPS) is 12.3. The van der Waals surface area contributed by atoms with E-state index in [-0.39, 0.29) is 19.5 Å². The summed E-state index contributed by atoms with van der Waals surface area (Å²) in [5.41, 5.74) is 0.838. The number of benzene rings is 2. The molecule has 2 aromatic carbocycles. The Kier molecular flexibility index (Phi) is 10.9. The van der Waals surface area contributed by atoms with Crippen LogP contribution in [0.5, 0.6) is 0 Å². The molecule has 9 heteroatoms. The van der Waals surface area contributed by atoms with Gasteiger partial charge in [-0.25, -0.2) is 4.79 Å². The maximum atomic E-state index is 14.0. The fourth-order valence-corrected chi connectivity index (χ4v) is 3.81. The molecule has 0 aromatic heterocycles. The minimum Gasteiger partial charge on any atom is -0.468 e. The van der Waals surface area contributed by atoms with Gasteiger partial charge in [-0.1, -0.05) is 54.5 Å². The Bertz CT molecular complexity index is 1170. The largest absolute Gasteiger partial charge is 0.468 e. The maximum absolute atomic E-state index is 14.0. The van der Waals surface area contributed by atoms with E-state index in [4.69, 9.17) is 11.2 Å². The first kappa shape index (κ1) is 29.9. The van der Waals surface area contributed by atoms with Crippen LogP contribution in [0.15, 0.2) is 54.6 Å². The van der Waals surface area contributed by atoms with Crippen molar-refractivity contribution in [2.24, 2.45) is 0 Å². The predicted molar refractivity (Wildman–Crippen MR) is 143 cm³/mol. The first-order valence-electron chi connectivity index (χ1n) is 12.2. The molecule has 2 atom stereocenters. The minimum atomic E-state index is -1.18. The van der Waals surface area contributed by atoms with Gasteiger partial charge in [0.15, 0.2) is 0 Å². The highest BCUT2D eigenvalue weighted by molar-refractivity contribution is 5.93. The third-order valence-electron chi connectivity index (χ3n) is 5.50. The molecule has 0 spiro atoms. The number of amides is 3. The van der Waals surface area contributed by atoms with Gasteiger partial charge in [0.2, 0.25) is 11.8 Å². The van der Waals surface area contributed by atoms with Crippen LogP contribution >= 0.6 is 0 Å². The quantitative estimate of drug-likeness (QED) is 0.367. The molecule has 202 valence electrons. The molecule has 0 fully saturated rings. The Morgan fingerprint density at radius 3 is 2.24 bits per heavy atom. The van der Waals surface area contributed by atoms with E-state index in [2.05, 4.69) is 21.3 Å². The van der Waals surface area contributed by atoms with Gasteiger partial charge in [-0.05, 0) is 44.9 Å². The summed E-state index contributed by atoms with van der Waals surface area (Å²) in [6.07, 6.45) is 5.09. The van der Waals surface area contributed by atoms with E-state index in [1.807, 2.05) is 30.3 Å². The Morgan fingerprint density at radius 2 is 1.66 bits per heavy atom. The number of ether oxygens (including phenoxy) is 2. The number of terminal acetylenes is 1. The summed E-state index contributed by atoms with van der Waals surface area (Å²) in [4.78, 5) is 53.2. The lowest BCUT2D eigenvalue weighted by atomic mass is 9.96. The van der Waals surface area contributed by atoms with Gasteiger partial charge in [0.05, 0.1) is 7.11 Å². The molecule has 3 amide bonds. The molecule has 2 rings (SSSR count). The maximum Gasteiger partial charge on any atom is 0.408 e. The molecule has 2 N–H and O–H groups in total. The van der Waals surface area contributed by atoms with E-state index in [1.165, 1.54) is 12.0 Å². The van der Waals surface area contributed by atoms with Crippen LogP contribution in [0.4, 0.5) is 4.79 Å². The second-order valence-electron chi connectivity index (χ2n) is 9.44. The molecule has 0 bridgehead atoms. The van der Waals surface area contributed by atoms with Gasteiger partial charge < -0.3 is 25.0 Å². The number of esters is 1. The highest BCUT2D eigenvalue weighted by Gasteiger charge is 2.36. The van der Waals surface area contributed by atoms with Gasteiger partial charge in [0, 0.05) is 18.5 Å².